The van der Waals surface area contributed by atoms with E-state index in [-0.39, 0.29) is 12.4 Å². The van der Waals surface area contributed by atoms with Gasteiger partial charge >= 0.3 is 11.9 Å². The number of aliphatic hydroxyl groups is 3. The summed E-state index contributed by atoms with van der Waals surface area (Å²) in [6, 6.07) is 6.42. The van der Waals surface area contributed by atoms with E-state index >= 15 is 0 Å². The number of aliphatic carboxylic acids is 1. The van der Waals surface area contributed by atoms with Crippen molar-refractivity contribution in [3.05, 3.63) is 29.8 Å². The summed E-state index contributed by atoms with van der Waals surface area (Å²) in [5, 5.41) is 47.6. The van der Waals surface area contributed by atoms with Crippen molar-refractivity contribution in [1.29, 1.82) is 0 Å². The quantitative estimate of drug-likeness (QED) is 0.270. The fourth-order valence-corrected chi connectivity index (χ4v) is 2.50. The van der Waals surface area contributed by atoms with Gasteiger partial charge < -0.3 is 39.7 Å². The predicted molar refractivity (Wildman–Crippen MR) is 87.7 cm³/mol. The lowest BCUT2D eigenvalue weighted by Crippen LogP contribution is -2.59. The van der Waals surface area contributed by atoms with Crippen LogP contribution in [0.1, 0.15) is 12.0 Å². The molecule has 0 unspecified atom stereocenters. The molecule has 5 atom stereocenters. The molecule has 1 saturated heterocycles. The monoisotopic (exact) mass is 386 g/mol. The van der Waals surface area contributed by atoms with E-state index in [4.69, 9.17) is 19.3 Å². The first kappa shape index (κ1) is 21.1. The highest BCUT2D eigenvalue weighted by molar-refractivity contribution is 5.90. The van der Waals surface area contributed by atoms with Gasteiger partial charge in [0.25, 0.3) is 0 Å². The van der Waals surface area contributed by atoms with Crippen LogP contribution in [0.5, 0.6) is 5.75 Å². The summed E-state index contributed by atoms with van der Waals surface area (Å²) in [7, 11) is 0. The summed E-state index contributed by atoms with van der Waals surface area (Å²) >= 11 is 0. The zero-order chi connectivity index (χ0) is 20.0. The van der Waals surface area contributed by atoms with Crippen molar-refractivity contribution in [2.24, 2.45) is 0 Å². The Morgan fingerprint density at radius 2 is 1.70 bits per heavy atom. The summed E-state index contributed by atoms with van der Waals surface area (Å²) in [6.45, 7) is -0.393. The van der Waals surface area contributed by atoms with E-state index < -0.39 is 55.7 Å². The number of phenols is 1. The van der Waals surface area contributed by atoms with Gasteiger partial charge in [0.05, 0.1) is 6.61 Å². The van der Waals surface area contributed by atoms with Crippen LogP contribution < -0.4 is 0 Å². The first-order chi connectivity index (χ1) is 12.8. The number of carboxylic acids is 1. The molecule has 2 rings (SSSR count). The largest absolute Gasteiger partial charge is 0.508 e. The number of carboxylic acid groups (broad SMARTS) is 1. The molecule has 0 saturated carbocycles. The van der Waals surface area contributed by atoms with Crippen LogP contribution in [-0.4, -0.2) is 81.4 Å². The third kappa shape index (κ3) is 6.15. The van der Waals surface area contributed by atoms with Gasteiger partial charge in [0, 0.05) is 0 Å². The summed E-state index contributed by atoms with van der Waals surface area (Å²) in [5.74, 6) is -2.26. The average Bonchev–Trinajstić information content (AvgIpc) is 2.62. The van der Waals surface area contributed by atoms with Crippen molar-refractivity contribution >= 4 is 11.9 Å². The summed E-state index contributed by atoms with van der Waals surface area (Å²) in [4.78, 5) is 21.7. The zero-order valence-electron chi connectivity index (χ0n) is 14.3. The second-order valence-corrected chi connectivity index (χ2v) is 6.06. The predicted octanol–water partition coefficient (Wildman–Crippen LogP) is -1.22. The summed E-state index contributed by atoms with van der Waals surface area (Å²) in [5.41, 5.74) is 0.859. The van der Waals surface area contributed by atoms with E-state index in [2.05, 4.69) is 0 Å². The summed E-state index contributed by atoms with van der Waals surface area (Å²) in [6.07, 6.45) is -7.55. The molecule has 0 aliphatic carbocycles. The molecule has 0 radical (unpaired) electrons. The molecule has 5 N–H and O–H groups in total. The number of aliphatic hydroxyl groups excluding tert-OH is 3. The maximum atomic E-state index is 11.3. The van der Waals surface area contributed by atoms with Crippen molar-refractivity contribution in [2.75, 3.05) is 13.2 Å². The Kier molecular flexibility index (Phi) is 7.51. The van der Waals surface area contributed by atoms with Gasteiger partial charge in [-0.25, -0.2) is 0 Å². The molecule has 0 spiro atoms. The normalized spacial score (nSPS) is 27.9. The molecule has 1 aliphatic heterocycles. The van der Waals surface area contributed by atoms with E-state index in [0.717, 1.165) is 5.56 Å². The van der Waals surface area contributed by atoms with Crippen LogP contribution in [0.4, 0.5) is 0 Å². The van der Waals surface area contributed by atoms with Gasteiger partial charge in [0.1, 0.15) is 43.2 Å². The topological polar surface area (TPSA) is 163 Å². The molecule has 0 amide bonds. The lowest BCUT2D eigenvalue weighted by atomic mass is 9.99. The van der Waals surface area contributed by atoms with E-state index in [0.29, 0.717) is 6.42 Å². The Morgan fingerprint density at radius 1 is 1.04 bits per heavy atom. The molecule has 10 nitrogen and oxygen atoms in total. The second kappa shape index (κ2) is 9.62. The van der Waals surface area contributed by atoms with Gasteiger partial charge in [0.15, 0.2) is 6.29 Å². The lowest BCUT2D eigenvalue weighted by molar-refractivity contribution is -0.301. The van der Waals surface area contributed by atoms with Crippen LogP contribution in [0.2, 0.25) is 0 Å². The van der Waals surface area contributed by atoms with Crippen molar-refractivity contribution in [3.63, 3.8) is 0 Å². The highest BCUT2D eigenvalue weighted by Crippen LogP contribution is 2.23. The number of carbonyl (C=O) groups excluding carboxylic acids is 1. The van der Waals surface area contributed by atoms with Crippen molar-refractivity contribution < 1.29 is 49.3 Å². The third-order valence-corrected chi connectivity index (χ3v) is 3.98. The van der Waals surface area contributed by atoms with E-state index in [9.17, 15) is 30.0 Å². The number of esters is 1. The number of hydrogen-bond acceptors (Lipinski definition) is 9. The Hall–Kier alpha value is -2.24. The number of phenolic OH excluding ortho intramolecular Hbond substituents is 1. The Morgan fingerprint density at radius 3 is 2.33 bits per heavy atom. The van der Waals surface area contributed by atoms with Crippen molar-refractivity contribution in [1.82, 2.24) is 0 Å². The molecule has 10 heteroatoms. The standard InChI is InChI=1S/C17H22O10/c18-10-3-1-9(2-4-10)5-6-25-17-16(24)15(23)14(22)11(27-17)8-26-13(21)7-12(19)20/h1-4,11,14-18,22-24H,5-8H2,(H,19,20)/t11-,14-,15+,16-,17-/m1/s1. The molecule has 1 fully saturated rings. The molecular formula is C17H22O10. The number of rotatable bonds is 8. The van der Waals surface area contributed by atoms with Crippen molar-refractivity contribution in [2.45, 2.75) is 43.5 Å². The van der Waals surface area contributed by atoms with Crippen LogP contribution in [0, 0.1) is 0 Å². The average molecular weight is 386 g/mol. The molecule has 0 bridgehead atoms. The Balaban J connectivity index is 1.86. The van der Waals surface area contributed by atoms with E-state index in [1.165, 1.54) is 12.1 Å². The minimum absolute atomic E-state index is 0.112. The second-order valence-electron chi connectivity index (χ2n) is 6.06. The molecule has 0 aromatic heterocycles. The van der Waals surface area contributed by atoms with Crippen LogP contribution in [-0.2, 0) is 30.2 Å². The summed E-state index contributed by atoms with van der Waals surface area (Å²) < 4.78 is 15.5. The maximum absolute atomic E-state index is 11.3. The molecule has 150 valence electrons. The molecule has 1 aliphatic rings. The fraction of sp³-hybridized carbons (Fsp3) is 0.529. The number of benzene rings is 1. The van der Waals surface area contributed by atoms with Gasteiger partial charge in [-0.05, 0) is 24.1 Å². The minimum atomic E-state index is -1.60. The maximum Gasteiger partial charge on any atom is 0.317 e. The van der Waals surface area contributed by atoms with Crippen LogP contribution in [0.3, 0.4) is 0 Å². The van der Waals surface area contributed by atoms with Crippen LogP contribution in [0.25, 0.3) is 0 Å². The van der Waals surface area contributed by atoms with Gasteiger partial charge in [-0.15, -0.1) is 0 Å². The van der Waals surface area contributed by atoms with Gasteiger partial charge in [-0.3, -0.25) is 9.59 Å². The molecule has 1 heterocycles. The smallest absolute Gasteiger partial charge is 0.317 e. The number of carbonyl (C=O) groups is 2. The first-order valence-electron chi connectivity index (χ1n) is 8.24. The SMILES string of the molecule is O=C(O)CC(=O)OC[C@H]1O[C@@H](OCCc2ccc(O)cc2)[C@H](O)[C@@H](O)[C@@H]1O. The fourth-order valence-electron chi connectivity index (χ4n) is 2.50. The molecule has 27 heavy (non-hydrogen) atoms. The highest BCUT2D eigenvalue weighted by atomic mass is 16.7. The van der Waals surface area contributed by atoms with E-state index in [1.807, 2.05) is 0 Å². The number of aromatic hydroxyl groups is 1. The highest BCUT2D eigenvalue weighted by Gasteiger charge is 2.44. The van der Waals surface area contributed by atoms with Crippen molar-refractivity contribution in [3.8, 4) is 5.75 Å². The first-order valence-corrected chi connectivity index (χ1v) is 8.24. The van der Waals surface area contributed by atoms with Gasteiger partial charge in [0.2, 0.25) is 0 Å². The molecular weight excluding hydrogens is 364 g/mol. The molecule has 1 aromatic rings. The zero-order valence-corrected chi connectivity index (χ0v) is 14.3. The van der Waals surface area contributed by atoms with Gasteiger partial charge in [-0.1, -0.05) is 12.1 Å². The third-order valence-electron chi connectivity index (χ3n) is 3.98. The number of hydrogen-bond donors (Lipinski definition) is 5. The Bertz CT molecular complexity index is 631. The minimum Gasteiger partial charge on any atom is -0.508 e. The van der Waals surface area contributed by atoms with Crippen LogP contribution >= 0.6 is 0 Å². The van der Waals surface area contributed by atoms with Gasteiger partial charge in [-0.2, -0.15) is 0 Å². The lowest BCUT2D eigenvalue weighted by Gasteiger charge is -2.39. The molecule has 1 aromatic carbocycles. The van der Waals surface area contributed by atoms with E-state index in [1.54, 1.807) is 12.1 Å². The van der Waals surface area contributed by atoms with Crippen LogP contribution in [0.15, 0.2) is 24.3 Å². The number of ether oxygens (including phenoxy) is 3. The Labute approximate surface area is 154 Å².